The first-order valence-corrected chi connectivity index (χ1v) is 9.98. The molecular formula is C22H30F2N2O. The van der Waals surface area contributed by atoms with Gasteiger partial charge < -0.3 is 4.74 Å². The molecule has 148 valence electrons. The number of aryl methyl sites for hydroxylation is 1. The van der Waals surface area contributed by atoms with Crippen LogP contribution in [0.4, 0.5) is 8.78 Å². The molecule has 0 amide bonds. The smallest absolute Gasteiger partial charge is 0.165 e. The zero-order valence-corrected chi connectivity index (χ0v) is 16.4. The first-order valence-electron chi connectivity index (χ1n) is 9.98. The van der Waals surface area contributed by atoms with E-state index in [1.165, 1.54) is 45.1 Å². The van der Waals surface area contributed by atoms with E-state index in [0.29, 0.717) is 11.4 Å². The van der Waals surface area contributed by atoms with Crippen molar-refractivity contribution in [2.24, 2.45) is 0 Å². The normalized spacial score (nSPS) is 12.1. The number of rotatable bonds is 12. The third-order valence-electron chi connectivity index (χ3n) is 4.49. The number of alkyl halides is 1. The van der Waals surface area contributed by atoms with Gasteiger partial charge in [0.15, 0.2) is 17.4 Å². The van der Waals surface area contributed by atoms with Gasteiger partial charge in [-0.2, -0.15) is 0 Å². The van der Waals surface area contributed by atoms with Gasteiger partial charge in [-0.25, -0.2) is 18.7 Å². The Bertz CT molecular complexity index is 675. The molecule has 0 spiro atoms. The molecule has 2 aromatic rings. The summed E-state index contributed by atoms with van der Waals surface area (Å²) in [5.74, 6) is 0.127. The van der Waals surface area contributed by atoms with Gasteiger partial charge >= 0.3 is 0 Å². The van der Waals surface area contributed by atoms with Crippen LogP contribution < -0.4 is 4.74 Å². The van der Waals surface area contributed by atoms with Crippen molar-refractivity contribution in [2.45, 2.75) is 71.4 Å². The molecule has 1 unspecified atom stereocenters. The molecule has 1 aromatic carbocycles. The van der Waals surface area contributed by atoms with Crippen LogP contribution in [0.5, 0.6) is 5.75 Å². The van der Waals surface area contributed by atoms with Crippen molar-refractivity contribution in [1.29, 1.82) is 0 Å². The van der Waals surface area contributed by atoms with E-state index in [-0.39, 0.29) is 18.8 Å². The Morgan fingerprint density at radius 1 is 1.04 bits per heavy atom. The number of aromatic nitrogens is 2. The molecule has 0 saturated heterocycles. The SMILES string of the molecule is CCCCCCCCc1cnc(-c2ccc(OCCC(C)F)c(F)c2)nc1. The summed E-state index contributed by atoms with van der Waals surface area (Å²) in [6.07, 6.45) is 11.4. The fourth-order valence-corrected chi connectivity index (χ4v) is 2.83. The number of unbranched alkanes of at least 4 members (excludes halogenated alkanes) is 5. The van der Waals surface area contributed by atoms with Gasteiger partial charge in [-0.15, -0.1) is 0 Å². The Hall–Kier alpha value is -2.04. The Morgan fingerprint density at radius 2 is 1.74 bits per heavy atom. The van der Waals surface area contributed by atoms with Crippen LogP contribution in [-0.4, -0.2) is 22.7 Å². The van der Waals surface area contributed by atoms with Gasteiger partial charge in [-0.3, -0.25) is 0 Å². The molecule has 0 aliphatic heterocycles. The maximum absolute atomic E-state index is 14.2. The van der Waals surface area contributed by atoms with Crippen LogP contribution in [0.2, 0.25) is 0 Å². The molecule has 2 rings (SSSR count). The summed E-state index contributed by atoms with van der Waals surface area (Å²) in [6.45, 7) is 3.83. The molecule has 27 heavy (non-hydrogen) atoms. The Morgan fingerprint density at radius 3 is 2.41 bits per heavy atom. The second-order valence-electron chi connectivity index (χ2n) is 7.00. The molecule has 1 aromatic heterocycles. The van der Waals surface area contributed by atoms with Crippen molar-refractivity contribution in [3.63, 3.8) is 0 Å². The molecule has 0 N–H and O–H groups in total. The summed E-state index contributed by atoms with van der Waals surface area (Å²) in [5, 5.41) is 0. The number of benzene rings is 1. The highest BCUT2D eigenvalue weighted by Gasteiger charge is 2.09. The number of hydrogen-bond acceptors (Lipinski definition) is 3. The Balaban J connectivity index is 1.86. The second-order valence-corrected chi connectivity index (χ2v) is 7.00. The van der Waals surface area contributed by atoms with Crippen molar-refractivity contribution in [1.82, 2.24) is 9.97 Å². The van der Waals surface area contributed by atoms with E-state index in [2.05, 4.69) is 16.9 Å². The van der Waals surface area contributed by atoms with E-state index in [0.717, 1.165) is 18.4 Å². The third-order valence-corrected chi connectivity index (χ3v) is 4.49. The van der Waals surface area contributed by atoms with Crippen molar-refractivity contribution in [2.75, 3.05) is 6.61 Å². The first-order chi connectivity index (χ1) is 13.1. The number of ether oxygens (including phenoxy) is 1. The molecule has 3 nitrogen and oxygen atoms in total. The summed E-state index contributed by atoms with van der Waals surface area (Å²) in [4.78, 5) is 8.73. The standard InChI is InChI=1S/C22H30F2N2O/c1-3-4-5-6-7-8-9-18-15-25-22(26-16-18)19-10-11-21(20(24)14-19)27-13-12-17(2)23/h10-11,14-17H,3-9,12-13H2,1-2H3. The van der Waals surface area contributed by atoms with Gasteiger partial charge in [-0.05, 0) is 43.5 Å². The van der Waals surface area contributed by atoms with Crippen LogP contribution in [0.3, 0.4) is 0 Å². The van der Waals surface area contributed by atoms with Crippen LogP contribution in [0.25, 0.3) is 11.4 Å². The van der Waals surface area contributed by atoms with Crippen molar-refractivity contribution < 1.29 is 13.5 Å². The van der Waals surface area contributed by atoms with Crippen LogP contribution in [-0.2, 0) is 6.42 Å². The molecule has 0 bridgehead atoms. The minimum absolute atomic E-state index is 0.124. The molecule has 0 fully saturated rings. The minimum Gasteiger partial charge on any atom is -0.490 e. The molecule has 1 atom stereocenters. The molecule has 0 radical (unpaired) electrons. The van der Waals surface area contributed by atoms with E-state index in [1.807, 2.05) is 12.4 Å². The zero-order chi connectivity index (χ0) is 19.5. The average molecular weight is 376 g/mol. The molecule has 0 aliphatic rings. The van der Waals surface area contributed by atoms with Gasteiger partial charge in [-0.1, -0.05) is 39.0 Å². The lowest BCUT2D eigenvalue weighted by Crippen LogP contribution is -2.05. The Kier molecular flexibility index (Phi) is 9.16. The van der Waals surface area contributed by atoms with Crippen LogP contribution in [0, 0.1) is 5.82 Å². The predicted molar refractivity (Wildman–Crippen MR) is 105 cm³/mol. The summed E-state index contributed by atoms with van der Waals surface area (Å²) in [6, 6.07) is 4.62. The average Bonchev–Trinajstić information content (AvgIpc) is 2.66. The summed E-state index contributed by atoms with van der Waals surface area (Å²) >= 11 is 0. The quantitative estimate of drug-likeness (QED) is 0.407. The monoisotopic (exact) mass is 376 g/mol. The molecule has 1 heterocycles. The largest absolute Gasteiger partial charge is 0.490 e. The Labute approximate surface area is 161 Å². The van der Waals surface area contributed by atoms with Gasteiger partial charge in [0, 0.05) is 24.4 Å². The van der Waals surface area contributed by atoms with Crippen LogP contribution >= 0.6 is 0 Å². The van der Waals surface area contributed by atoms with Crippen LogP contribution in [0.15, 0.2) is 30.6 Å². The van der Waals surface area contributed by atoms with Crippen molar-refractivity contribution >= 4 is 0 Å². The predicted octanol–water partition coefficient (Wildman–Crippen LogP) is 6.31. The fourth-order valence-electron chi connectivity index (χ4n) is 2.83. The summed E-state index contributed by atoms with van der Waals surface area (Å²) in [5.41, 5.74) is 1.71. The third kappa shape index (κ3) is 7.61. The highest BCUT2D eigenvalue weighted by Crippen LogP contribution is 2.24. The molecular weight excluding hydrogens is 346 g/mol. The highest BCUT2D eigenvalue weighted by atomic mass is 19.1. The lowest BCUT2D eigenvalue weighted by Gasteiger charge is -2.09. The molecule has 0 aliphatic carbocycles. The van der Waals surface area contributed by atoms with Crippen molar-refractivity contribution in [3.8, 4) is 17.1 Å². The zero-order valence-electron chi connectivity index (χ0n) is 16.4. The maximum Gasteiger partial charge on any atom is 0.165 e. The number of halogens is 2. The highest BCUT2D eigenvalue weighted by molar-refractivity contribution is 5.56. The topological polar surface area (TPSA) is 35.0 Å². The summed E-state index contributed by atoms with van der Waals surface area (Å²) in [7, 11) is 0. The van der Waals surface area contributed by atoms with E-state index in [9.17, 15) is 8.78 Å². The number of hydrogen-bond donors (Lipinski definition) is 0. The second kappa shape index (κ2) is 11.6. The lowest BCUT2D eigenvalue weighted by molar-refractivity contribution is 0.240. The fraction of sp³-hybridized carbons (Fsp3) is 0.545. The van der Waals surface area contributed by atoms with E-state index in [4.69, 9.17) is 4.74 Å². The van der Waals surface area contributed by atoms with E-state index in [1.54, 1.807) is 12.1 Å². The van der Waals surface area contributed by atoms with Crippen LogP contribution in [0.1, 0.15) is 64.4 Å². The van der Waals surface area contributed by atoms with Gasteiger partial charge in [0.1, 0.15) is 6.17 Å². The first kappa shape index (κ1) is 21.3. The maximum atomic E-state index is 14.2. The van der Waals surface area contributed by atoms with Gasteiger partial charge in [0.05, 0.1) is 6.61 Å². The van der Waals surface area contributed by atoms with Gasteiger partial charge in [0.2, 0.25) is 0 Å². The van der Waals surface area contributed by atoms with Gasteiger partial charge in [0.25, 0.3) is 0 Å². The minimum atomic E-state index is -0.962. The van der Waals surface area contributed by atoms with E-state index < -0.39 is 12.0 Å². The number of nitrogens with zero attached hydrogens (tertiary/aromatic N) is 2. The molecule has 0 saturated carbocycles. The lowest BCUT2D eigenvalue weighted by atomic mass is 10.1. The molecule has 5 heteroatoms. The summed E-state index contributed by atoms with van der Waals surface area (Å²) < 4.78 is 32.2. The van der Waals surface area contributed by atoms with Crippen molar-refractivity contribution in [3.05, 3.63) is 42.0 Å². The van der Waals surface area contributed by atoms with E-state index >= 15 is 0 Å².